The molecule has 2 atom stereocenters. The minimum atomic E-state index is -1.17. The zero-order valence-corrected chi connectivity index (χ0v) is 9.89. The van der Waals surface area contributed by atoms with E-state index in [1.807, 2.05) is 37.3 Å². The highest BCUT2D eigenvalue weighted by molar-refractivity contribution is 5.22. The Labute approximate surface area is 96.6 Å². The van der Waals surface area contributed by atoms with Gasteiger partial charge in [0.2, 0.25) is 5.79 Å². The maximum absolute atomic E-state index is 10.6. The van der Waals surface area contributed by atoms with Gasteiger partial charge in [0.05, 0.1) is 12.6 Å². The van der Waals surface area contributed by atoms with E-state index in [-0.39, 0.29) is 6.04 Å². The molecule has 1 aromatic carbocycles. The SMILES string of the molecule is CCN1CCO[C@@](O)(c2ccccc2)[C@H]1C. The predicted molar refractivity (Wildman–Crippen MR) is 63.0 cm³/mol. The summed E-state index contributed by atoms with van der Waals surface area (Å²) in [5.74, 6) is -1.17. The monoisotopic (exact) mass is 221 g/mol. The second kappa shape index (κ2) is 4.53. The van der Waals surface area contributed by atoms with Crippen molar-refractivity contribution in [3.63, 3.8) is 0 Å². The van der Waals surface area contributed by atoms with E-state index in [4.69, 9.17) is 4.74 Å². The molecule has 3 heteroatoms. The van der Waals surface area contributed by atoms with Gasteiger partial charge >= 0.3 is 0 Å². The molecule has 0 amide bonds. The maximum Gasteiger partial charge on any atom is 0.208 e. The van der Waals surface area contributed by atoms with Gasteiger partial charge in [0.25, 0.3) is 0 Å². The summed E-state index contributed by atoms with van der Waals surface area (Å²) in [6, 6.07) is 9.60. The third-order valence-corrected chi connectivity index (χ3v) is 3.41. The van der Waals surface area contributed by atoms with Gasteiger partial charge in [0.1, 0.15) is 0 Å². The number of hydrogen-bond acceptors (Lipinski definition) is 3. The smallest absolute Gasteiger partial charge is 0.208 e. The molecule has 0 aliphatic carbocycles. The molecule has 1 aromatic rings. The van der Waals surface area contributed by atoms with Crippen LogP contribution in [0.3, 0.4) is 0 Å². The molecule has 1 saturated heterocycles. The summed E-state index contributed by atoms with van der Waals surface area (Å²) in [5, 5.41) is 10.6. The standard InChI is InChI=1S/C13H19NO2/c1-3-14-9-10-16-13(15,11(14)2)12-7-5-4-6-8-12/h4-8,11,15H,3,9-10H2,1-2H3/t11-,13-/m1/s1. The largest absolute Gasteiger partial charge is 0.361 e. The average molecular weight is 221 g/mol. The Morgan fingerprint density at radius 2 is 2.12 bits per heavy atom. The molecule has 0 spiro atoms. The van der Waals surface area contributed by atoms with E-state index in [1.165, 1.54) is 0 Å². The minimum Gasteiger partial charge on any atom is -0.361 e. The second-order valence-electron chi connectivity index (χ2n) is 4.22. The van der Waals surface area contributed by atoms with E-state index in [9.17, 15) is 5.11 Å². The van der Waals surface area contributed by atoms with E-state index >= 15 is 0 Å². The van der Waals surface area contributed by atoms with Crippen LogP contribution in [0, 0.1) is 0 Å². The summed E-state index contributed by atoms with van der Waals surface area (Å²) in [6.45, 7) is 6.50. The first kappa shape index (κ1) is 11.6. The molecule has 16 heavy (non-hydrogen) atoms. The highest BCUT2D eigenvalue weighted by Gasteiger charge is 2.42. The first-order valence-corrected chi connectivity index (χ1v) is 5.84. The molecule has 0 saturated carbocycles. The molecular formula is C13H19NO2. The lowest BCUT2D eigenvalue weighted by Crippen LogP contribution is -2.56. The van der Waals surface area contributed by atoms with Crippen molar-refractivity contribution in [1.29, 1.82) is 0 Å². The highest BCUT2D eigenvalue weighted by atomic mass is 16.6. The van der Waals surface area contributed by atoms with E-state index in [2.05, 4.69) is 11.8 Å². The van der Waals surface area contributed by atoms with Crippen LogP contribution < -0.4 is 0 Å². The van der Waals surface area contributed by atoms with Crippen LogP contribution in [0.4, 0.5) is 0 Å². The van der Waals surface area contributed by atoms with Crippen LogP contribution in [-0.2, 0) is 10.5 Å². The van der Waals surface area contributed by atoms with Crippen LogP contribution in [0.5, 0.6) is 0 Å². The first-order chi connectivity index (χ1) is 7.68. The third-order valence-electron chi connectivity index (χ3n) is 3.41. The summed E-state index contributed by atoms with van der Waals surface area (Å²) in [4.78, 5) is 2.23. The minimum absolute atomic E-state index is 0.0198. The Morgan fingerprint density at radius 3 is 2.75 bits per heavy atom. The molecule has 0 radical (unpaired) electrons. The van der Waals surface area contributed by atoms with E-state index in [0.29, 0.717) is 6.61 Å². The lowest BCUT2D eigenvalue weighted by molar-refractivity contribution is -0.274. The fourth-order valence-electron chi connectivity index (χ4n) is 2.31. The number of aliphatic hydroxyl groups is 1. The molecule has 1 fully saturated rings. The lowest BCUT2D eigenvalue weighted by Gasteiger charge is -2.44. The normalized spacial score (nSPS) is 31.6. The van der Waals surface area contributed by atoms with Crippen molar-refractivity contribution in [3.05, 3.63) is 35.9 Å². The molecule has 3 nitrogen and oxygen atoms in total. The van der Waals surface area contributed by atoms with E-state index in [0.717, 1.165) is 18.7 Å². The Balaban J connectivity index is 2.30. The molecule has 0 bridgehead atoms. The van der Waals surface area contributed by atoms with Crippen molar-refractivity contribution in [2.75, 3.05) is 19.7 Å². The second-order valence-corrected chi connectivity index (χ2v) is 4.22. The topological polar surface area (TPSA) is 32.7 Å². The van der Waals surface area contributed by atoms with Crippen LogP contribution in [0.2, 0.25) is 0 Å². The summed E-state index contributed by atoms with van der Waals surface area (Å²) in [5.41, 5.74) is 0.834. The Hall–Kier alpha value is -0.900. The molecule has 88 valence electrons. The van der Waals surface area contributed by atoms with Crippen molar-refractivity contribution in [2.24, 2.45) is 0 Å². The molecular weight excluding hydrogens is 202 g/mol. The lowest BCUT2D eigenvalue weighted by atomic mass is 9.96. The highest BCUT2D eigenvalue weighted by Crippen LogP contribution is 2.32. The number of nitrogens with zero attached hydrogens (tertiary/aromatic N) is 1. The van der Waals surface area contributed by atoms with Crippen molar-refractivity contribution >= 4 is 0 Å². The molecule has 1 aliphatic rings. The van der Waals surface area contributed by atoms with Crippen LogP contribution >= 0.6 is 0 Å². The predicted octanol–water partition coefficient (Wildman–Crippen LogP) is 1.57. The molecule has 0 unspecified atom stereocenters. The van der Waals surface area contributed by atoms with Crippen LogP contribution in [0.25, 0.3) is 0 Å². The fourth-order valence-corrected chi connectivity index (χ4v) is 2.31. The number of morpholine rings is 1. The van der Waals surface area contributed by atoms with Gasteiger partial charge in [0.15, 0.2) is 0 Å². The zero-order valence-electron chi connectivity index (χ0n) is 9.89. The van der Waals surface area contributed by atoms with Crippen molar-refractivity contribution in [1.82, 2.24) is 4.90 Å². The van der Waals surface area contributed by atoms with Gasteiger partial charge in [-0.15, -0.1) is 0 Å². The van der Waals surface area contributed by atoms with Crippen LogP contribution in [-0.4, -0.2) is 35.7 Å². The van der Waals surface area contributed by atoms with Gasteiger partial charge in [-0.2, -0.15) is 0 Å². The quantitative estimate of drug-likeness (QED) is 0.823. The van der Waals surface area contributed by atoms with Crippen molar-refractivity contribution < 1.29 is 9.84 Å². The molecule has 1 N–H and O–H groups in total. The summed E-state index contributed by atoms with van der Waals surface area (Å²) in [7, 11) is 0. The average Bonchev–Trinajstić information content (AvgIpc) is 2.34. The zero-order chi connectivity index (χ0) is 11.6. The number of hydrogen-bond donors (Lipinski definition) is 1. The Morgan fingerprint density at radius 1 is 1.44 bits per heavy atom. The summed E-state index contributed by atoms with van der Waals surface area (Å²) < 4.78 is 5.61. The molecule has 1 heterocycles. The van der Waals surface area contributed by atoms with Crippen molar-refractivity contribution in [3.8, 4) is 0 Å². The van der Waals surface area contributed by atoms with Gasteiger partial charge in [-0.1, -0.05) is 37.3 Å². The number of benzene rings is 1. The van der Waals surface area contributed by atoms with Gasteiger partial charge in [0, 0.05) is 12.1 Å². The van der Waals surface area contributed by atoms with Gasteiger partial charge in [-0.05, 0) is 13.5 Å². The first-order valence-electron chi connectivity index (χ1n) is 5.84. The van der Waals surface area contributed by atoms with E-state index in [1.54, 1.807) is 0 Å². The van der Waals surface area contributed by atoms with Gasteiger partial charge in [-0.3, -0.25) is 4.90 Å². The van der Waals surface area contributed by atoms with Crippen LogP contribution in [0.1, 0.15) is 19.4 Å². The number of likely N-dealkylation sites (N-methyl/N-ethyl adjacent to an activating group) is 1. The third kappa shape index (κ3) is 1.86. The maximum atomic E-state index is 10.6. The van der Waals surface area contributed by atoms with Gasteiger partial charge in [-0.25, -0.2) is 0 Å². The fraction of sp³-hybridized carbons (Fsp3) is 0.538. The van der Waals surface area contributed by atoms with Crippen LogP contribution in [0.15, 0.2) is 30.3 Å². The summed E-state index contributed by atoms with van der Waals surface area (Å²) >= 11 is 0. The Bertz CT molecular complexity index is 341. The molecule has 2 rings (SSSR count). The number of ether oxygens (including phenoxy) is 1. The molecule has 0 aromatic heterocycles. The molecule has 1 aliphatic heterocycles. The van der Waals surface area contributed by atoms with Crippen molar-refractivity contribution in [2.45, 2.75) is 25.7 Å². The Kier molecular flexibility index (Phi) is 3.28. The van der Waals surface area contributed by atoms with E-state index < -0.39 is 5.79 Å². The number of rotatable bonds is 2. The summed E-state index contributed by atoms with van der Waals surface area (Å²) in [6.07, 6.45) is 0. The van der Waals surface area contributed by atoms with Gasteiger partial charge < -0.3 is 9.84 Å².